The number of hydrogen-bond acceptors (Lipinski definition) is 5. The highest BCUT2D eigenvalue weighted by atomic mass is 16.6. The van der Waals surface area contributed by atoms with Crippen molar-refractivity contribution in [1.29, 1.82) is 0 Å². The van der Waals surface area contributed by atoms with Crippen molar-refractivity contribution in [3.63, 3.8) is 0 Å². The van der Waals surface area contributed by atoms with E-state index in [9.17, 15) is 9.59 Å². The van der Waals surface area contributed by atoms with Crippen molar-refractivity contribution in [2.24, 2.45) is 0 Å². The van der Waals surface area contributed by atoms with Crippen LogP contribution in [0.25, 0.3) is 0 Å². The van der Waals surface area contributed by atoms with Crippen molar-refractivity contribution in [1.82, 2.24) is 0 Å². The lowest BCUT2D eigenvalue weighted by atomic mass is 10.1. The summed E-state index contributed by atoms with van der Waals surface area (Å²) in [4.78, 5) is 25.0. The van der Waals surface area contributed by atoms with Gasteiger partial charge >= 0.3 is 11.9 Å². The SMILES string of the molecule is CCCCC/C=C\C/C=C\CCCCCCCCCC(=O)OCC(COCCCCCCCC)OC(=O)CCCCCCCCCCC. The molecule has 0 N–H and O–H groups in total. The standard InChI is InChI=1S/C43H80O5/c1-4-7-10-13-16-18-19-20-21-22-23-24-25-27-28-30-33-36-42(44)47-40-41(39-46-38-35-32-15-12-9-6-3)48-43(45)37-34-31-29-26-17-14-11-8-5-2/h16,18,20-21,41H,4-15,17,19,22-40H2,1-3H3/b18-16-,21-20-. The van der Waals surface area contributed by atoms with Gasteiger partial charge in [-0.1, -0.05) is 173 Å². The second-order valence-corrected chi connectivity index (χ2v) is 13.9. The first-order valence-corrected chi connectivity index (χ1v) is 20.9. The van der Waals surface area contributed by atoms with E-state index in [1.54, 1.807) is 0 Å². The van der Waals surface area contributed by atoms with Crippen LogP contribution in [-0.4, -0.2) is 37.9 Å². The van der Waals surface area contributed by atoms with Crippen LogP contribution in [0.2, 0.25) is 0 Å². The molecule has 0 amide bonds. The number of unbranched alkanes of at least 4 members (excludes halogenated alkanes) is 23. The minimum absolute atomic E-state index is 0.0858. The molecule has 1 atom stereocenters. The fourth-order valence-electron chi connectivity index (χ4n) is 5.83. The number of allylic oxidation sites excluding steroid dienone is 4. The predicted molar refractivity (Wildman–Crippen MR) is 205 cm³/mol. The Balaban J connectivity index is 4.08. The molecular formula is C43H80O5. The van der Waals surface area contributed by atoms with Crippen LogP contribution in [0.5, 0.6) is 0 Å². The lowest BCUT2D eigenvalue weighted by Gasteiger charge is -2.18. The van der Waals surface area contributed by atoms with Gasteiger partial charge in [0.2, 0.25) is 0 Å². The Hall–Kier alpha value is -1.62. The van der Waals surface area contributed by atoms with Gasteiger partial charge in [0, 0.05) is 19.4 Å². The van der Waals surface area contributed by atoms with Crippen LogP contribution in [-0.2, 0) is 23.8 Å². The highest BCUT2D eigenvalue weighted by Gasteiger charge is 2.17. The maximum atomic E-state index is 12.6. The fraction of sp³-hybridized carbons (Fsp3) is 0.860. The van der Waals surface area contributed by atoms with E-state index < -0.39 is 6.10 Å². The molecule has 48 heavy (non-hydrogen) atoms. The molecule has 0 aliphatic heterocycles. The molecule has 0 rings (SSSR count). The summed E-state index contributed by atoms with van der Waals surface area (Å²) in [6.45, 7) is 7.75. The third-order valence-electron chi connectivity index (χ3n) is 8.99. The Morgan fingerprint density at radius 2 is 0.875 bits per heavy atom. The zero-order chi connectivity index (χ0) is 35.0. The van der Waals surface area contributed by atoms with Gasteiger partial charge in [-0.15, -0.1) is 0 Å². The van der Waals surface area contributed by atoms with E-state index in [1.165, 1.54) is 128 Å². The van der Waals surface area contributed by atoms with Crippen molar-refractivity contribution in [2.75, 3.05) is 19.8 Å². The van der Waals surface area contributed by atoms with Crippen LogP contribution >= 0.6 is 0 Å². The van der Waals surface area contributed by atoms with Crippen molar-refractivity contribution in [3.8, 4) is 0 Å². The van der Waals surface area contributed by atoms with Crippen LogP contribution in [0, 0.1) is 0 Å². The molecular weight excluding hydrogens is 596 g/mol. The number of hydrogen-bond donors (Lipinski definition) is 0. The number of carbonyl (C=O) groups is 2. The Morgan fingerprint density at radius 1 is 0.458 bits per heavy atom. The zero-order valence-corrected chi connectivity index (χ0v) is 32.3. The van der Waals surface area contributed by atoms with E-state index >= 15 is 0 Å². The van der Waals surface area contributed by atoms with Gasteiger partial charge in [0.15, 0.2) is 6.10 Å². The molecule has 0 aliphatic carbocycles. The van der Waals surface area contributed by atoms with E-state index in [1.807, 2.05) is 0 Å². The summed E-state index contributed by atoms with van der Waals surface area (Å²) >= 11 is 0. The topological polar surface area (TPSA) is 61.8 Å². The highest BCUT2D eigenvalue weighted by molar-refractivity contribution is 5.70. The van der Waals surface area contributed by atoms with Crippen molar-refractivity contribution in [3.05, 3.63) is 24.3 Å². The molecule has 5 heteroatoms. The van der Waals surface area contributed by atoms with Crippen LogP contribution < -0.4 is 0 Å². The normalized spacial score (nSPS) is 12.3. The summed E-state index contributed by atoms with van der Waals surface area (Å²) in [7, 11) is 0. The molecule has 0 aromatic rings. The molecule has 0 bridgehead atoms. The van der Waals surface area contributed by atoms with Gasteiger partial charge in [-0.3, -0.25) is 9.59 Å². The van der Waals surface area contributed by atoms with Gasteiger partial charge in [0.05, 0.1) is 6.61 Å². The molecule has 0 fully saturated rings. The average Bonchev–Trinajstić information content (AvgIpc) is 3.08. The van der Waals surface area contributed by atoms with Crippen LogP contribution in [0.3, 0.4) is 0 Å². The minimum atomic E-state index is -0.526. The third-order valence-corrected chi connectivity index (χ3v) is 8.99. The van der Waals surface area contributed by atoms with Crippen molar-refractivity contribution >= 4 is 11.9 Å². The second kappa shape index (κ2) is 39.8. The first-order valence-electron chi connectivity index (χ1n) is 20.9. The van der Waals surface area contributed by atoms with Gasteiger partial charge in [-0.2, -0.15) is 0 Å². The summed E-state index contributed by atoms with van der Waals surface area (Å²) in [5.41, 5.74) is 0. The maximum absolute atomic E-state index is 12.6. The molecule has 0 radical (unpaired) electrons. The number of esters is 2. The number of rotatable bonds is 38. The van der Waals surface area contributed by atoms with E-state index in [0.717, 1.165) is 51.4 Å². The van der Waals surface area contributed by atoms with Gasteiger partial charge in [0.1, 0.15) is 6.61 Å². The molecule has 0 saturated carbocycles. The quantitative estimate of drug-likeness (QED) is 0.0370. The van der Waals surface area contributed by atoms with E-state index in [-0.39, 0.29) is 25.2 Å². The zero-order valence-electron chi connectivity index (χ0n) is 32.3. The summed E-state index contributed by atoms with van der Waals surface area (Å²) in [6, 6.07) is 0. The number of carbonyl (C=O) groups excluding carboxylic acids is 2. The van der Waals surface area contributed by atoms with E-state index in [4.69, 9.17) is 14.2 Å². The van der Waals surface area contributed by atoms with Crippen molar-refractivity contribution in [2.45, 2.75) is 219 Å². The first-order chi connectivity index (χ1) is 23.6. The van der Waals surface area contributed by atoms with Crippen molar-refractivity contribution < 1.29 is 23.8 Å². The summed E-state index contributed by atoms with van der Waals surface area (Å²) < 4.78 is 17.1. The van der Waals surface area contributed by atoms with Gasteiger partial charge in [-0.05, 0) is 51.4 Å². The minimum Gasteiger partial charge on any atom is -0.462 e. The maximum Gasteiger partial charge on any atom is 0.306 e. The lowest BCUT2D eigenvalue weighted by molar-refractivity contribution is -0.163. The second-order valence-electron chi connectivity index (χ2n) is 13.9. The molecule has 0 spiro atoms. The molecule has 5 nitrogen and oxygen atoms in total. The monoisotopic (exact) mass is 677 g/mol. The average molecular weight is 677 g/mol. The molecule has 0 saturated heterocycles. The van der Waals surface area contributed by atoms with Crippen LogP contribution in [0.4, 0.5) is 0 Å². The largest absolute Gasteiger partial charge is 0.462 e. The first kappa shape index (κ1) is 46.4. The Morgan fingerprint density at radius 3 is 1.42 bits per heavy atom. The molecule has 0 aromatic heterocycles. The fourth-order valence-corrected chi connectivity index (χ4v) is 5.83. The summed E-state index contributed by atoms with van der Waals surface area (Å²) in [6.07, 6.45) is 43.2. The van der Waals surface area contributed by atoms with Gasteiger partial charge < -0.3 is 14.2 Å². The molecule has 0 aromatic carbocycles. The summed E-state index contributed by atoms with van der Waals surface area (Å²) in [5, 5.41) is 0. The van der Waals surface area contributed by atoms with E-state index in [0.29, 0.717) is 19.4 Å². The van der Waals surface area contributed by atoms with Crippen LogP contribution in [0.15, 0.2) is 24.3 Å². The van der Waals surface area contributed by atoms with Gasteiger partial charge in [-0.25, -0.2) is 0 Å². The van der Waals surface area contributed by atoms with Gasteiger partial charge in [0.25, 0.3) is 0 Å². The highest BCUT2D eigenvalue weighted by Crippen LogP contribution is 2.13. The number of ether oxygens (including phenoxy) is 3. The molecule has 1 unspecified atom stereocenters. The Bertz CT molecular complexity index is 731. The lowest BCUT2D eigenvalue weighted by Crippen LogP contribution is -2.30. The van der Waals surface area contributed by atoms with Crippen LogP contribution in [0.1, 0.15) is 213 Å². The molecule has 0 aliphatic rings. The third kappa shape index (κ3) is 37.2. The predicted octanol–water partition coefficient (Wildman–Crippen LogP) is 13.3. The molecule has 282 valence electrons. The van der Waals surface area contributed by atoms with E-state index in [2.05, 4.69) is 45.1 Å². The molecule has 0 heterocycles. The smallest absolute Gasteiger partial charge is 0.306 e. The Labute approximate surface area is 298 Å². The summed E-state index contributed by atoms with van der Waals surface area (Å²) in [5.74, 6) is -0.406. The Kier molecular flexibility index (Phi) is 38.5.